The summed E-state index contributed by atoms with van der Waals surface area (Å²) in [6.07, 6.45) is 1.54. The average Bonchev–Trinajstić information content (AvgIpc) is 3.22. The minimum absolute atomic E-state index is 0.206. The Kier molecular flexibility index (Phi) is 6.41. The molecule has 0 spiro atoms. The quantitative estimate of drug-likeness (QED) is 0.514. The van der Waals surface area contributed by atoms with Crippen molar-refractivity contribution in [2.75, 3.05) is 6.54 Å². The Morgan fingerprint density at radius 2 is 2.07 bits per heavy atom. The summed E-state index contributed by atoms with van der Waals surface area (Å²) in [6, 6.07) is 9.60. The third kappa shape index (κ3) is 4.87. The van der Waals surface area contributed by atoms with E-state index in [9.17, 15) is 14.4 Å². The molecule has 2 aromatic rings. The van der Waals surface area contributed by atoms with Gasteiger partial charge in [-0.1, -0.05) is 47.7 Å². The Morgan fingerprint density at radius 3 is 2.76 bits per heavy atom. The van der Waals surface area contributed by atoms with Crippen LogP contribution in [0, 0.1) is 0 Å². The SMILES string of the molecule is CC(NC(=O)CN1C(=O)C(=Cc2ccc(-c3ccccc3Cl)o2)SC1=S)C(=O)O. The van der Waals surface area contributed by atoms with Crippen molar-refractivity contribution in [1.82, 2.24) is 10.2 Å². The first-order chi connectivity index (χ1) is 13.8. The Balaban J connectivity index is 1.73. The van der Waals surface area contributed by atoms with E-state index in [-0.39, 0.29) is 10.9 Å². The van der Waals surface area contributed by atoms with Gasteiger partial charge in [-0.15, -0.1) is 0 Å². The van der Waals surface area contributed by atoms with Crippen molar-refractivity contribution in [2.24, 2.45) is 0 Å². The fourth-order valence-corrected chi connectivity index (χ4v) is 3.96. The van der Waals surface area contributed by atoms with E-state index in [4.69, 9.17) is 33.3 Å². The fraction of sp³-hybridized carbons (Fsp3) is 0.158. The predicted octanol–water partition coefficient (Wildman–Crippen LogP) is 3.39. The number of nitrogens with zero attached hydrogens (tertiary/aromatic N) is 1. The first kappa shape index (κ1) is 21.1. The van der Waals surface area contributed by atoms with Crippen LogP contribution in [0.1, 0.15) is 12.7 Å². The number of carbonyl (C=O) groups excluding carboxylic acids is 2. The third-order valence-electron chi connectivity index (χ3n) is 3.96. The minimum atomic E-state index is -1.17. The third-order valence-corrected chi connectivity index (χ3v) is 5.67. The van der Waals surface area contributed by atoms with E-state index in [0.717, 1.165) is 22.2 Å². The van der Waals surface area contributed by atoms with Crippen LogP contribution in [0.3, 0.4) is 0 Å². The molecule has 29 heavy (non-hydrogen) atoms. The maximum Gasteiger partial charge on any atom is 0.325 e. The number of carbonyl (C=O) groups is 3. The van der Waals surface area contributed by atoms with Gasteiger partial charge in [0.2, 0.25) is 5.91 Å². The van der Waals surface area contributed by atoms with Gasteiger partial charge in [-0.3, -0.25) is 19.3 Å². The maximum absolute atomic E-state index is 12.6. The standard InChI is InChI=1S/C19H15ClN2O5S2/c1-10(18(25)26)21-16(23)9-22-17(24)15(29-19(22)28)8-11-6-7-14(27-11)12-4-2-3-5-13(12)20/h2-8,10H,9H2,1H3,(H,21,23)(H,25,26). The molecule has 2 amide bonds. The van der Waals surface area contributed by atoms with E-state index >= 15 is 0 Å². The lowest BCUT2D eigenvalue weighted by Gasteiger charge is -2.15. The molecule has 0 radical (unpaired) electrons. The smallest absolute Gasteiger partial charge is 0.325 e. The van der Waals surface area contributed by atoms with Gasteiger partial charge in [0, 0.05) is 11.6 Å². The molecule has 3 rings (SSSR count). The van der Waals surface area contributed by atoms with Crippen LogP contribution in [0.5, 0.6) is 0 Å². The summed E-state index contributed by atoms with van der Waals surface area (Å²) in [5, 5.41) is 11.7. The molecule has 0 bridgehead atoms. The zero-order chi connectivity index (χ0) is 21.1. The van der Waals surface area contributed by atoms with Crippen molar-refractivity contribution in [3.8, 4) is 11.3 Å². The number of thiocarbonyl (C=S) groups is 1. The van der Waals surface area contributed by atoms with Crippen LogP contribution in [0.25, 0.3) is 17.4 Å². The van der Waals surface area contributed by atoms with E-state index in [2.05, 4.69) is 5.32 Å². The van der Waals surface area contributed by atoms with E-state index in [0.29, 0.717) is 21.4 Å². The number of furan rings is 1. The van der Waals surface area contributed by atoms with Gasteiger partial charge in [-0.05, 0) is 31.2 Å². The van der Waals surface area contributed by atoms with Crippen LogP contribution < -0.4 is 5.32 Å². The minimum Gasteiger partial charge on any atom is -0.480 e. The van der Waals surface area contributed by atoms with Gasteiger partial charge in [0.15, 0.2) is 0 Å². The lowest BCUT2D eigenvalue weighted by molar-refractivity contribution is -0.141. The Morgan fingerprint density at radius 1 is 1.34 bits per heavy atom. The first-order valence-electron chi connectivity index (χ1n) is 8.38. The molecule has 7 nitrogen and oxygen atoms in total. The molecule has 1 aliphatic rings. The second kappa shape index (κ2) is 8.81. The number of rotatable bonds is 6. The van der Waals surface area contributed by atoms with Crippen molar-refractivity contribution in [3.63, 3.8) is 0 Å². The Hall–Kier alpha value is -2.62. The number of carboxylic acids is 1. The first-order valence-corrected chi connectivity index (χ1v) is 9.99. The van der Waals surface area contributed by atoms with Gasteiger partial charge in [0.05, 0.1) is 9.93 Å². The summed E-state index contributed by atoms with van der Waals surface area (Å²) in [5.41, 5.74) is 0.727. The van der Waals surface area contributed by atoms with Gasteiger partial charge in [0.25, 0.3) is 5.91 Å². The van der Waals surface area contributed by atoms with Crippen LogP contribution in [-0.4, -0.2) is 44.7 Å². The molecular formula is C19H15ClN2O5S2. The molecule has 1 saturated heterocycles. The number of amides is 2. The van der Waals surface area contributed by atoms with E-state index in [1.54, 1.807) is 18.2 Å². The predicted molar refractivity (Wildman–Crippen MR) is 114 cm³/mol. The molecule has 2 N–H and O–H groups in total. The normalized spacial score (nSPS) is 16.3. The molecule has 1 atom stereocenters. The van der Waals surface area contributed by atoms with Crippen LogP contribution in [-0.2, 0) is 14.4 Å². The molecule has 10 heteroatoms. The number of halogens is 1. The zero-order valence-electron chi connectivity index (χ0n) is 15.0. The topological polar surface area (TPSA) is 99.9 Å². The second-order valence-corrected chi connectivity index (χ2v) is 8.16. The van der Waals surface area contributed by atoms with Crippen molar-refractivity contribution in [2.45, 2.75) is 13.0 Å². The van der Waals surface area contributed by atoms with Crippen molar-refractivity contribution >= 4 is 63.8 Å². The zero-order valence-corrected chi connectivity index (χ0v) is 17.4. The van der Waals surface area contributed by atoms with Gasteiger partial charge in [-0.2, -0.15) is 0 Å². The van der Waals surface area contributed by atoms with Crippen molar-refractivity contribution in [1.29, 1.82) is 0 Å². The molecule has 2 heterocycles. The molecule has 0 aliphatic carbocycles. The van der Waals surface area contributed by atoms with Crippen molar-refractivity contribution < 1.29 is 23.9 Å². The van der Waals surface area contributed by atoms with Crippen LogP contribution >= 0.6 is 35.6 Å². The number of thioether (sulfide) groups is 1. The summed E-state index contributed by atoms with van der Waals surface area (Å²) >= 11 is 12.4. The van der Waals surface area contributed by atoms with Gasteiger partial charge < -0.3 is 14.8 Å². The van der Waals surface area contributed by atoms with Gasteiger partial charge in [-0.25, -0.2) is 0 Å². The Bertz CT molecular complexity index is 1030. The number of benzene rings is 1. The molecule has 150 valence electrons. The highest BCUT2D eigenvalue weighted by Gasteiger charge is 2.34. The van der Waals surface area contributed by atoms with Crippen LogP contribution in [0.2, 0.25) is 5.02 Å². The molecule has 1 aromatic carbocycles. The highest BCUT2D eigenvalue weighted by molar-refractivity contribution is 8.26. The van der Waals surface area contributed by atoms with Crippen LogP contribution in [0.15, 0.2) is 45.7 Å². The van der Waals surface area contributed by atoms with E-state index < -0.39 is 23.8 Å². The summed E-state index contributed by atoms with van der Waals surface area (Å²) in [7, 11) is 0. The number of hydrogen-bond donors (Lipinski definition) is 2. The molecule has 1 aromatic heterocycles. The largest absolute Gasteiger partial charge is 0.480 e. The molecular weight excluding hydrogens is 436 g/mol. The summed E-state index contributed by atoms with van der Waals surface area (Å²) in [5.74, 6) is -1.25. The van der Waals surface area contributed by atoms with E-state index in [1.807, 2.05) is 18.2 Å². The number of carboxylic acid groups (broad SMARTS) is 1. The molecule has 0 saturated carbocycles. The second-order valence-electron chi connectivity index (χ2n) is 6.08. The van der Waals surface area contributed by atoms with Crippen molar-refractivity contribution in [3.05, 3.63) is 52.1 Å². The lowest BCUT2D eigenvalue weighted by atomic mass is 10.2. The van der Waals surface area contributed by atoms with Gasteiger partial charge in [0.1, 0.15) is 28.4 Å². The van der Waals surface area contributed by atoms with E-state index in [1.165, 1.54) is 13.0 Å². The lowest BCUT2D eigenvalue weighted by Crippen LogP contribution is -2.45. The number of hydrogen-bond acceptors (Lipinski definition) is 6. The monoisotopic (exact) mass is 450 g/mol. The molecule has 1 fully saturated rings. The van der Waals surface area contributed by atoms with Gasteiger partial charge >= 0.3 is 5.97 Å². The van der Waals surface area contributed by atoms with Crippen LogP contribution in [0.4, 0.5) is 0 Å². The highest BCUT2D eigenvalue weighted by Crippen LogP contribution is 2.34. The summed E-state index contributed by atoms with van der Waals surface area (Å²) < 4.78 is 5.96. The fourth-order valence-electron chi connectivity index (χ4n) is 2.49. The Labute approximate surface area is 180 Å². The average molecular weight is 451 g/mol. The summed E-state index contributed by atoms with van der Waals surface area (Å²) in [6.45, 7) is 0.973. The summed E-state index contributed by atoms with van der Waals surface area (Å²) in [4.78, 5) is 36.8. The molecule has 1 aliphatic heterocycles. The molecule has 1 unspecified atom stereocenters. The highest BCUT2D eigenvalue weighted by atomic mass is 35.5. The number of aliphatic carboxylic acids is 1. The number of nitrogens with one attached hydrogen (secondary N) is 1. The maximum atomic E-state index is 12.6.